The predicted octanol–water partition coefficient (Wildman–Crippen LogP) is 2.64. The molecule has 2 fully saturated rings. The van der Waals surface area contributed by atoms with E-state index in [4.69, 9.17) is 4.74 Å². The van der Waals surface area contributed by atoms with Crippen molar-refractivity contribution in [1.82, 2.24) is 10.2 Å². The molecule has 1 amide bonds. The van der Waals surface area contributed by atoms with Crippen LogP contribution in [0.15, 0.2) is 24.3 Å². The average molecular weight is 327 g/mol. The van der Waals surface area contributed by atoms with Gasteiger partial charge in [-0.2, -0.15) is 5.26 Å². The van der Waals surface area contributed by atoms with Crippen molar-refractivity contribution >= 4 is 5.91 Å². The molecule has 1 aliphatic heterocycles. The monoisotopic (exact) mass is 327 g/mol. The van der Waals surface area contributed by atoms with Crippen molar-refractivity contribution in [2.24, 2.45) is 5.92 Å². The Labute approximate surface area is 143 Å². The molecule has 2 aliphatic rings. The van der Waals surface area contributed by atoms with E-state index in [1.165, 1.54) is 5.56 Å². The summed E-state index contributed by atoms with van der Waals surface area (Å²) in [6.07, 6.45) is 4.20. The van der Waals surface area contributed by atoms with Gasteiger partial charge < -0.3 is 10.1 Å². The number of nitrogens with zero attached hydrogens (tertiary/aromatic N) is 2. The van der Waals surface area contributed by atoms with E-state index in [0.29, 0.717) is 12.5 Å². The third-order valence-electron chi connectivity index (χ3n) is 5.24. The van der Waals surface area contributed by atoms with Gasteiger partial charge in [0.05, 0.1) is 19.7 Å². The second-order valence-electron chi connectivity index (χ2n) is 7.04. The van der Waals surface area contributed by atoms with Gasteiger partial charge in [0, 0.05) is 6.04 Å². The lowest BCUT2D eigenvalue weighted by Crippen LogP contribution is -2.50. The third-order valence-corrected chi connectivity index (χ3v) is 5.24. The third kappa shape index (κ3) is 3.54. The zero-order valence-electron chi connectivity index (χ0n) is 14.4. The Kier molecular flexibility index (Phi) is 4.77. The highest BCUT2D eigenvalue weighted by atomic mass is 16.5. The van der Waals surface area contributed by atoms with Gasteiger partial charge in [0.25, 0.3) is 0 Å². The summed E-state index contributed by atoms with van der Waals surface area (Å²) in [6.45, 7) is 3.10. The Balaban J connectivity index is 1.63. The number of nitrogens with one attached hydrogen (secondary N) is 1. The van der Waals surface area contributed by atoms with Crippen molar-refractivity contribution in [3.8, 4) is 11.8 Å². The van der Waals surface area contributed by atoms with E-state index in [9.17, 15) is 10.1 Å². The molecule has 24 heavy (non-hydrogen) atoms. The molecule has 1 N–H and O–H groups in total. The molecule has 1 heterocycles. The molecule has 3 rings (SSSR count). The second kappa shape index (κ2) is 6.82. The van der Waals surface area contributed by atoms with Crippen molar-refractivity contribution in [1.29, 1.82) is 5.26 Å². The fourth-order valence-corrected chi connectivity index (χ4v) is 3.61. The smallest absolute Gasteiger partial charge is 0.235 e. The van der Waals surface area contributed by atoms with Gasteiger partial charge in [0.1, 0.15) is 11.3 Å². The van der Waals surface area contributed by atoms with Gasteiger partial charge in [-0.3, -0.25) is 9.69 Å². The summed E-state index contributed by atoms with van der Waals surface area (Å²) < 4.78 is 5.21. The predicted molar refractivity (Wildman–Crippen MR) is 91.4 cm³/mol. The van der Waals surface area contributed by atoms with Crippen LogP contribution in [-0.2, 0) is 4.79 Å². The fraction of sp³-hybridized carbons (Fsp3) is 0.579. The number of nitriles is 1. The van der Waals surface area contributed by atoms with Crippen LogP contribution in [0, 0.1) is 17.2 Å². The van der Waals surface area contributed by atoms with E-state index in [1.54, 1.807) is 7.11 Å². The first-order valence-corrected chi connectivity index (χ1v) is 8.66. The van der Waals surface area contributed by atoms with Crippen LogP contribution in [0.3, 0.4) is 0 Å². The van der Waals surface area contributed by atoms with E-state index in [0.717, 1.165) is 38.0 Å². The second-order valence-corrected chi connectivity index (χ2v) is 7.04. The molecular formula is C19H25N3O2. The summed E-state index contributed by atoms with van der Waals surface area (Å²) in [6, 6.07) is 10.6. The number of methoxy groups -OCH3 is 1. The molecule has 0 bridgehead atoms. The summed E-state index contributed by atoms with van der Waals surface area (Å²) in [5.74, 6) is 1.10. The van der Waals surface area contributed by atoms with Gasteiger partial charge in [-0.15, -0.1) is 0 Å². The molecule has 0 radical (unpaired) electrons. The molecule has 1 aromatic carbocycles. The van der Waals surface area contributed by atoms with Gasteiger partial charge in [-0.1, -0.05) is 12.1 Å². The largest absolute Gasteiger partial charge is 0.497 e. The minimum Gasteiger partial charge on any atom is -0.497 e. The first-order valence-electron chi connectivity index (χ1n) is 8.66. The number of benzene rings is 1. The Morgan fingerprint density at radius 3 is 2.67 bits per heavy atom. The normalized spacial score (nSPS) is 23.3. The Morgan fingerprint density at radius 1 is 1.38 bits per heavy atom. The highest BCUT2D eigenvalue weighted by Crippen LogP contribution is 2.39. The van der Waals surface area contributed by atoms with Gasteiger partial charge in [0.2, 0.25) is 5.91 Å². The summed E-state index contributed by atoms with van der Waals surface area (Å²) >= 11 is 0. The van der Waals surface area contributed by atoms with E-state index in [2.05, 4.69) is 28.4 Å². The number of carbonyl (C=O) groups excluding carboxylic acids is 1. The van der Waals surface area contributed by atoms with Crippen LogP contribution in [0.2, 0.25) is 0 Å². The van der Waals surface area contributed by atoms with Crippen molar-refractivity contribution in [3.63, 3.8) is 0 Å². The van der Waals surface area contributed by atoms with Crippen LogP contribution in [0.1, 0.15) is 44.2 Å². The first kappa shape index (κ1) is 16.8. The van der Waals surface area contributed by atoms with Crippen molar-refractivity contribution in [3.05, 3.63) is 29.8 Å². The molecule has 1 aromatic rings. The lowest BCUT2D eigenvalue weighted by molar-refractivity contribution is -0.123. The molecule has 5 heteroatoms. The Hall–Kier alpha value is -2.06. The van der Waals surface area contributed by atoms with Gasteiger partial charge in [-0.25, -0.2) is 0 Å². The molecule has 5 nitrogen and oxygen atoms in total. The highest BCUT2D eigenvalue weighted by Gasteiger charge is 2.43. The van der Waals surface area contributed by atoms with Crippen molar-refractivity contribution in [2.75, 3.05) is 20.2 Å². The van der Waals surface area contributed by atoms with Crippen molar-refractivity contribution in [2.45, 2.75) is 44.2 Å². The SMILES string of the molecule is COc1ccc(C2CCCN2CC(=O)NC(C)(C#N)C2CC2)cc1. The number of carbonyl (C=O) groups is 1. The van der Waals surface area contributed by atoms with Crippen LogP contribution in [0.4, 0.5) is 0 Å². The quantitative estimate of drug-likeness (QED) is 0.872. The van der Waals surface area contributed by atoms with Crippen LogP contribution in [-0.4, -0.2) is 36.5 Å². The molecule has 1 saturated heterocycles. The minimum absolute atomic E-state index is 0.0497. The van der Waals surface area contributed by atoms with Crippen LogP contribution in [0.25, 0.3) is 0 Å². The molecule has 0 aromatic heterocycles. The number of amides is 1. The lowest BCUT2D eigenvalue weighted by atomic mass is 9.98. The van der Waals surface area contributed by atoms with Gasteiger partial charge in [-0.05, 0) is 62.8 Å². The topological polar surface area (TPSA) is 65.4 Å². The highest BCUT2D eigenvalue weighted by molar-refractivity contribution is 5.79. The van der Waals surface area contributed by atoms with Crippen LogP contribution < -0.4 is 10.1 Å². The average Bonchev–Trinajstić information content (AvgIpc) is 3.36. The van der Waals surface area contributed by atoms with E-state index < -0.39 is 5.54 Å². The standard InChI is InChI=1S/C19H25N3O2/c1-19(13-20,15-7-8-15)21-18(23)12-22-11-3-4-17(22)14-5-9-16(24-2)10-6-14/h5-6,9-10,15,17H,3-4,7-8,11-12H2,1-2H3,(H,21,23). The summed E-state index contributed by atoms with van der Waals surface area (Å²) in [4.78, 5) is 14.7. The summed E-state index contributed by atoms with van der Waals surface area (Å²) in [7, 11) is 1.66. The number of likely N-dealkylation sites (tertiary alicyclic amines) is 1. The Bertz CT molecular complexity index is 633. The lowest BCUT2D eigenvalue weighted by Gasteiger charge is -2.28. The van der Waals surface area contributed by atoms with Gasteiger partial charge in [0.15, 0.2) is 0 Å². The number of hydrogen-bond acceptors (Lipinski definition) is 4. The van der Waals surface area contributed by atoms with Crippen LogP contribution in [0.5, 0.6) is 5.75 Å². The number of rotatable bonds is 6. The van der Waals surface area contributed by atoms with E-state index in [1.807, 2.05) is 19.1 Å². The molecule has 2 unspecified atom stereocenters. The maximum Gasteiger partial charge on any atom is 0.235 e. The molecule has 1 aliphatic carbocycles. The molecule has 128 valence electrons. The number of hydrogen-bond donors (Lipinski definition) is 1. The zero-order valence-corrected chi connectivity index (χ0v) is 14.4. The number of ether oxygens (including phenoxy) is 1. The summed E-state index contributed by atoms with van der Waals surface area (Å²) in [5, 5.41) is 12.4. The first-order chi connectivity index (χ1) is 11.6. The maximum absolute atomic E-state index is 12.5. The minimum atomic E-state index is -0.716. The Morgan fingerprint density at radius 2 is 2.08 bits per heavy atom. The summed E-state index contributed by atoms with van der Waals surface area (Å²) in [5.41, 5.74) is 0.498. The molecule has 2 atom stereocenters. The van der Waals surface area contributed by atoms with Crippen molar-refractivity contribution < 1.29 is 9.53 Å². The maximum atomic E-state index is 12.5. The van der Waals surface area contributed by atoms with Gasteiger partial charge >= 0.3 is 0 Å². The van der Waals surface area contributed by atoms with E-state index >= 15 is 0 Å². The molecular weight excluding hydrogens is 302 g/mol. The molecule has 0 spiro atoms. The van der Waals surface area contributed by atoms with E-state index in [-0.39, 0.29) is 11.9 Å². The molecule has 1 saturated carbocycles. The fourth-order valence-electron chi connectivity index (χ4n) is 3.61. The zero-order chi connectivity index (χ0) is 17.2. The van der Waals surface area contributed by atoms with Crippen LogP contribution >= 0.6 is 0 Å².